The van der Waals surface area contributed by atoms with E-state index in [0.717, 1.165) is 35.4 Å². The smallest absolute Gasteiger partial charge is 0.410 e. The van der Waals surface area contributed by atoms with Crippen LogP contribution in [0.15, 0.2) is 59.8 Å². The van der Waals surface area contributed by atoms with Gasteiger partial charge in [0.05, 0.1) is 29.1 Å². The first-order valence-corrected chi connectivity index (χ1v) is 17.6. The maximum Gasteiger partial charge on any atom is 0.410 e. The van der Waals surface area contributed by atoms with Crippen molar-refractivity contribution >= 4 is 40.9 Å². The van der Waals surface area contributed by atoms with Gasteiger partial charge < -0.3 is 34.8 Å². The van der Waals surface area contributed by atoms with Gasteiger partial charge in [-0.05, 0) is 69.0 Å². The first-order valence-electron chi connectivity index (χ1n) is 17.2. The highest BCUT2D eigenvalue weighted by Crippen LogP contribution is 2.38. The fourth-order valence-electron chi connectivity index (χ4n) is 6.84. The fraction of sp³-hybridized carbons (Fsp3) is 0.421. The van der Waals surface area contributed by atoms with Gasteiger partial charge in [0.15, 0.2) is 5.82 Å². The number of fused-ring (bicyclic) bond motifs is 1. The van der Waals surface area contributed by atoms with Gasteiger partial charge >= 0.3 is 6.09 Å². The number of nitrogens with zero attached hydrogens (tertiary/aromatic N) is 5. The second kappa shape index (κ2) is 14.5. The molecule has 51 heavy (non-hydrogen) atoms. The largest absolute Gasteiger partial charge is 0.444 e. The first-order chi connectivity index (χ1) is 24.2. The number of β-amino-alcohol motifs (C(OH)–C–C–N with tert-alkyl or cyclic N) is 1. The summed E-state index contributed by atoms with van der Waals surface area (Å²) < 4.78 is 7.30. The van der Waals surface area contributed by atoms with E-state index in [0.29, 0.717) is 65.8 Å². The number of aliphatic hydroxyl groups is 1. The number of carbonyl (C=O) groups is 3. The molecule has 0 bridgehead atoms. The summed E-state index contributed by atoms with van der Waals surface area (Å²) in [5.74, 6) is -0.395. The number of imidazole rings is 1. The highest BCUT2D eigenvalue weighted by molar-refractivity contribution is 6.36. The lowest BCUT2D eigenvalue weighted by Gasteiger charge is -2.29. The van der Waals surface area contributed by atoms with Crippen LogP contribution in [0.3, 0.4) is 0 Å². The molecule has 1 atom stereocenters. The molecule has 0 unspecified atom stereocenters. The van der Waals surface area contributed by atoms with Gasteiger partial charge in [-0.25, -0.2) is 9.78 Å². The Hall–Kier alpha value is -4.65. The molecule has 3 amide bonds. The van der Waals surface area contributed by atoms with Crippen LogP contribution in [0.5, 0.6) is 0 Å². The van der Waals surface area contributed by atoms with Crippen molar-refractivity contribution in [3.8, 4) is 11.1 Å². The van der Waals surface area contributed by atoms with E-state index in [1.54, 1.807) is 22.6 Å². The van der Waals surface area contributed by atoms with Gasteiger partial charge in [0.25, 0.3) is 11.8 Å². The average Bonchev–Trinajstić information content (AvgIpc) is 3.63. The van der Waals surface area contributed by atoms with Crippen LogP contribution in [0, 0.1) is 6.92 Å². The monoisotopic (exact) mass is 715 g/mol. The number of likely N-dealkylation sites (N-methyl/N-ethyl adjacent to an activating group) is 1. The molecular formula is C38H46ClN7O5. The van der Waals surface area contributed by atoms with Crippen LogP contribution in [0.1, 0.15) is 54.8 Å². The minimum absolute atomic E-state index is 0.187. The normalized spacial score (nSPS) is 17.8. The van der Waals surface area contributed by atoms with E-state index in [1.165, 1.54) is 0 Å². The third kappa shape index (κ3) is 8.14. The van der Waals surface area contributed by atoms with E-state index < -0.39 is 17.6 Å². The molecule has 1 saturated heterocycles. The SMILES string of the molecule is Cc1c(NC(=O)C2=CC(CN3CC[C@@H](O)C3)=CN(C)C2)cccc1-c1cccc(NC(=O)c2nc3c(n2C)CCN(C(=O)OC(C)(C)C)C3)c1Cl. The van der Waals surface area contributed by atoms with Crippen molar-refractivity contribution in [1.29, 1.82) is 0 Å². The summed E-state index contributed by atoms with van der Waals surface area (Å²) in [6.07, 6.45) is 4.58. The number of likely N-dealkylation sites (tertiary alicyclic amines) is 1. The van der Waals surface area contributed by atoms with E-state index >= 15 is 0 Å². The molecule has 3 aliphatic rings. The van der Waals surface area contributed by atoms with Crippen molar-refractivity contribution in [3.05, 3.63) is 87.6 Å². The Balaban J connectivity index is 1.16. The predicted octanol–water partition coefficient (Wildman–Crippen LogP) is 5.36. The summed E-state index contributed by atoms with van der Waals surface area (Å²) in [6.45, 7) is 10.7. The Morgan fingerprint density at radius 2 is 1.71 bits per heavy atom. The number of rotatable bonds is 7. The number of halogens is 1. The lowest BCUT2D eigenvalue weighted by atomic mass is 9.98. The number of ether oxygens (including phenoxy) is 1. The molecule has 0 spiro atoms. The molecule has 2 aromatic carbocycles. The van der Waals surface area contributed by atoms with Crippen molar-refractivity contribution < 1.29 is 24.2 Å². The van der Waals surface area contributed by atoms with Gasteiger partial charge in [-0.15, -0.1) is 0 Å². The molecular weight excluding hydrogens is 670 g/mol. The van der Waals surface area contributed by atoms with E-state index in [4.69, 9.17) is 16.3 Å². The fourth-order valence-corrected chi connectivity index (χ4v) is 7.11. The van der Waals surface area contributed by atoms with Gasteiger partial charge in [-0.1, -0.05) is 35.9 Å². The maximum atomic E-state index is 13.6. The van der Waals surface area contributed by atoms with Crippen LogP contribution < -0.4 is 10.6 Å². The topological polar surface area (TPSA) is 132 Å². The van der Waals surface area contributed by atoms with Gasteiger partial charge in [0.1, 0.15) is 5.60 Å². The molecule has 3 aliphatic heterocycles. The highest BCUT2D eigenvalue weighted by atomic mass is 35.5. The van der Waals surface area contributed by atoms with Crippen molar-refractivity contribution in [1.82, 2.24) is 24.3 Å². The second-order valence-corrected chi connectivity index (χ2v) is 14.9. The zero-order valence-corrected chi connectivity index (χ0v) is 30.8. The summed E-state index contributed by atoms with van der Waals surface area (Å²) in [7, 11) is 3.74. The van der Waals surface area contributed by atoms with Crippen molar-refractivity contribution in [2.45, 2.75) is 58.8 Å². The molecule has 0 radical (unpaired) electrons. The third-order valence-electron chi connectivity index (χ3n) is 9.34. The molecule has 270 valence electrons. The van der Waals surface area contributed by atoms with Gasteiger partial charge in [-0.3, -0.25) is 14.5 Å². The summed E-state index contributed by atoms with van der Waals surface area (Å²) in [4.78, 5) is 50.2. The lowest BCUT2D eigenvalue weighted by Crippen LogP contribution is -2.40. The molecule has 0 aliphatic carbocycles. The molecule has 12 nitrogen and oxygen atoms in total. The van der Waals surface area contributed by atoms with Crippen LogP contribution in [0.25, 0.3) is 11.1 Å². The van der Waals surface area contributed by atoms with Crippen molar-refractivity contribution in [3.63, 3.8) is 0 Å². The van der Waals surface area contributed by atoms with Crippen molar-refractivity contribution in [2.24, 2.45) is 7.05 Å². The number of anilines is 2. The molecule has 13 heteroatoms. The van der Waals surface area contributed by atoms with E-state index in [1.807, 2.05) is 82.3 Å². The minimum Gasteiger partial charge on any atom is -0.444 e. The summed E-state index contributed by atoms with van der Waals surface area (Å²) in [5.41, 5.74) is 6.02. The number of nitrogens with one attached hydrogen (secondary N) is 2. The zero-order chi connectivity index (χ0) is 36.6. The van der Waals surface area contributed by atoms with Crippen LogP contribution >= 0.6 is 11.6 Å². The maximum absolute atomic E-state index is 13.6. The van der Waals surface area contributed by atoms with Gasteiger partial charge in [0.2, 0.25) is 0 Å². The predicted molar refractivity (Wildman–Crippen MR) is 198 cm³/mol. The number of aliphatic hydroxyl groups excluding tert-OH is 1. The number of hydrogen-bond donors (Lipinski definition) is 3. The molecule has 3 N–H and O–H groups in total. The van der Waals surface area contributed by atoms with Crippen molar-refractivity contribution in [2.75, 3.05) is 50.4 Å². The number of hydrogen-bond acceptors (Lipinski definition) is 8. The molecule has 0 saturated carbocycles. The van der Waals surface area contributed by atoms with Crippen LogP contribution in [-0.4, -0.2) is 98.7 Å². The van der Waals surface area contributed by atoms with E-state index in [2.05, 4.69) is 20.5 Å². The minimum atomic E-state index is -0.611. The number of benzene rings is 2. The standard InChI is InChI=1S/C38H46ClN7O5/c1-23-27(9-7-11-29(23)41-35(48)25-17-24(18-43(5)20-25)19-45-15-13-26(47)21-45)28-10-8-12-30(33(28)39)42-36(49)34-40-31-22-46(16-14-32(31)44(34)6)37(50)51-38(2,3)4/h7-12,17-18,26,47H,13-16,19-22H2,1-6H3,(H,41,48)(H,42,49)/t26-/m1/s1. The van der Waals surface area contributed by atoms with Crippen LogP contribution in [0.2, 0.25) is 5.02 Å². The molecule has 1 fully saturated rings. The quantitative estimate of drug-likeness (QED) is 0.298. The lowest BCUT2D eigenvalue weighted by molar-refractivity contribution is -0.113. The first kappa shape index (κ1) is 36.2. The Morgan fingerprint density at radius 1 is 1.00 bits per heavy atom. The highest BCUT2D eigenvalue weighted by Gasteiger charge is 2.31. The van der Waals surface area contributed by atoms with Gasteiger partial charge in [0, 0.05) is 82.0 Å². The summed E-state index contributed by atoms with van der Waals surface area (Å²) >= 11 is 6.96. The molecule has 4 heterocycles. The Kier molecular flexibility index (Phi) is 10.3. The number of amides is 3. The second-order valence-electron chi connectivity index (χ2n) is 14.6. The Morgan fingerprint density at radius 3 is 2.41 bits per heavy atom. The Labute approximate surface area is 303 Å². The Bertz CT molecular complexity index is 1930. The van der Waals surface area contributed by atoms with Crippen LogP contribution in [-0.2, 0) is 29.5 Å². The molecule has 3 aromatic rings. The summed E-state index contributed by atoms with van der Waals surface area (Å²) in [6, 6.07) is 11.1. The molecule has 1 aromatic heterocycles. The van der Waals surface area contributed by atoms with E-state index in [-0.39, 0.29) is 24.4 Å². The van der Waals surface area contributed by atoms with E-state index in [9.17, 15) is 19.5 Å². The van der Waals surface area contributed by atoms with Gasteiger partial charge in [-0.2, -0.15) is 0 Å². The summed E-state index contributed by atoms with van der Waals surface area (Å²) in [5, 5.41) is 16.3. The van der Waals surface area contributed by atoms with Crippen LogP contribution in [0.4, 0.5) is 16.2 Å². The third-order valence-corrected chi connectivity index (χ3v) is 9.75. The number of aromatic nitrogens is 2. The molecule has 6 rings (SSSR count). The average molecular weight is 716 g/mol. The zero-order valence-electron chi connectivity index (χ0n) is 30.0. The number of carbonyl (C=O) groups excluding carboxylic acids is 3.